The minimum absolute atomic E-state index is 0.110. The van der Waals surface area contributed by atoms with Gasteiger partial charge in [0.15, 0.2) is 0 Å². The minimum Gasteiger partial charge on any atom is -0.341 e. The lowest BCUT2D eigenvalue weighted by Crippen LogP contribution is -2.44. The molecule has 0 spiro atoms. The lowest BCUT2D eigenvalue weighted by atomic mass is 9.98. The summed E-state index contributed by atoms with van der Waals surface area (Å²) in [5.74, 6) is -1.05. The third-order valence-corrected chi connectivity index (χ3v) is 4.45. The van der Waals surface area contributed by atoms with Crippen molar-refractivity contribution in [2.24, 2.45) is 0 Å². The van der Waals surface area contributed by atoms with Crippen LogP contribution in [-0.2, 0) is 14.4 Å². The van der Waals surface area contributed by atoms with Gasteiger partial charge < -0.3 is 4.90 Å². The second-order valence-electron chi connectivity index (χ2n) is 5.93. The van der Waals surface area contributed by atoms with Gasteiger partial charge in [-0.3, -0.25) is 19.3 Å². The van der Waals surface area contributed by atoms with Gasteiger partial charge in [0.2, 0.25) is 17.7 Å². The molecule has 0 radical (unpaired) electrons. The highest BCUT2D eigenvalue weighted by Gasteiger charge is 2.40. The average Bonchev–Trinajstić information content (AvgIpc) is 2.84. The van der Waals surface area contributed by atoms with Crippen molar-refractivity contribution < 1.29 is 14.4 Å². The van der Waals surface area contributed by atoms with Crippen LogP contribution in [0.4, 0.5) is 0 Å². The van der Waals surface area contributed by atoms with E-state index in [1.165, 1.54) is 0 Å². The van der Waals surface area contributed by atoms with Gasteiger partial charge in [0, 0.05) is 19.5 Å². The number of carbonyl (C=O) groups is 3. The molecule has 0 saturated carbocycles. The third kappa shape index (κ3) is 2.89. The molecule has 1 aromatic rings. The fourth-order valence-corrected chi connectivity index (χ4v) is 3.17. The Morgan fingerprint density at radius 2 is 1.73 bits per heavy atom. The molecule has 2 aliphatic heterocycles. The van der Waals surface area contributed by atoms with Gasteiger partial charge in [0.25, 0.3) is 0 Å². The Balaban J connectivity index is 1.68. The average molecular weight is 300 g/mol. The van der Waals surface area contributed by atoms with E-state index in [-0.39, 0.29) is 30.7 Å². The largest absolute Gasteiger partial charge is 0.341 e. The lowest BCUT2D eigenvalue weighted by Gasteiger charge is -2.28. The SMILES string of the molecule is O=C(CN1C(=O)C[C@H](c2ccccc2)C1=O)N1CCCCC1. The van der Waals surface area contributed by atoms with Gasteiger partial charge in [-0.15, -0.1) is 0 Å². The Kier molecular flexibility index (Phi) is 4.22. The van der Waals surface area contributed by atoms with E-state index in [1.807, 2.05) is 30.3 Å². The third-order valence-electron chi connectivity index (χ3n) is 4.45. The van der Waals surface area contributed by atoms with Gasteiger partial charge in [0.05, 0.1) is 5.92 Å². The fraction of sp³-hybridized carbons (Fsp3) is 0.471. The molecule has 0 aliphatic carbocycles. The Labute approximate surface area is 129 Å². The number of amides is 3. The quantitative estimate of drug-likeness (QED) is 0.796. The van der Waals surface area contributed by atoms with E-state index < -0.39 is 5.92 Å². The van der Waals surface area contributed by atoms with E-state index in [4.69, 9.17) is 0 Å². The minimum atomic E-state index is -0.442. The van der Waals surface area contributed by atoms with Crippen molar-refractivity contribution >= 4 is 17.7 Å². The summed E-state index contributed by atoms with van der Waals surface area (Å²) in [5.41, 5.74) is 0.841. The molecule has 0 bridgehead atoms. The summed E-state index contributed by atoms with van der Waals surface area (Å²) in [7, 11) is 0. The molecule has 3 amide bonds. The highest BCUT2D eigenvalue weighted by Crippen LogP contribution is 2.29. The topological polar surface area (TPSA) is 57.7 Å². The molecule has 5 heteroatoms. The summed E-state index contributed by atoms with van der Waals surface area (Å²) >= 11 is 0. The molecule has 5 nitrogen and oxygen atoms in total. The number of nitrogens with zero attached hydrogens (tertiary/aromatic N) is 2. The zero-order valence-electron chi connectivity index (χ0n) is 12.5. The molecule has 2 fully saturated rings. The molecule has 22 heavy (non-hydrogen) atoms. The monoisotopic (exact) mass is 300 g/mol. The van der Waals surface area contributed by atoms with Crippen molar-refractivity contribution in [2.45, 2.75) is 31.6 Å². The van der Waals surface area contributed by atoms with E-state index in [9.17, 15) is 14.4 Å². The Hall–Kier alpha value is -2.17. The van der Waals surface area contributed by atoms with Crippen LogP contribution in [0.25, 0.3) is 0 Å². The normalized spacial score (nSPS) is 22.3. The predicted octanol–water partition coefficient (Wildman–Crippen LogP) is 1.54. The molecular weight excluding hydrogens is 280 g/mol. The molecular formula is C17H20N2O3. The summed E-state index contributed by atoms with van der Waals surface area (Å²) in [6, 6.07) is 9.29. The van der Waals surface area contributed by atoms with Crippen molar-refractivity contribution in [3.05, 3.63) is 35.9 Å². The number of carbonyl (C=O) groups excluding carboxylic acids is 3. The smallest absolute Gasteiger partial charge is 0.242 e. The van der Waals surface area contributed by atoms with Crippen molar-refractivity contribution in [1.29, 1.82) is 0 Å². The van der Waals surface area contributed by atoms with Crippen LogP contribution in [0.1, 0.15) is 37.2 Å². The molecule has 2 aliphatic rings. The summed E-state index contributed by atoms with van der Waals surface area (Å²) < 4.78 is 0. The molecule has 1 atom stereocenters. The van der Waals surface area contributed by atoms with Gasteiger partial charge in [-0.2, -0.15) is 0 Å². The lowest BCUT2D eigenvalue weighted by molar-refractivity contribution is -0.146. The highest BCUT2D eigenvalue weighted by molar-refractivity contribution is 6.08. The Morgan fingerprint density at radius 1 is 1.05 bits per heavy atom. The number of hydrogen-bond donors (Lipinski definition) is 0. The van der Waals surface area contributed by atoms with Crippen molar-refractivity contribution in [2.75, 3.05) is 19.6 Å². The number of hydrogen-bond acceptors (Lipinski definition) is 3. The Morgan fingerprint density at radius 3 is 2.41 bits per heavy atom. The van der Waals surface area contributed by atoms with E-state index in [0.29, 0.717) is 0 Å². The summed E-state index contributed by atoms with van der Waals surface area (Å²) in [5, 5.41) is 0. The van der Waals surface area contributed by atoms with E-state index in [1.54, 1.807) is 4.90 Å². The van der Waals surface area contributed by atoms with Crippen LogP contribution in [-0.4, -0.2) is 47.2 Å². The summed E-state index contributed by atoms with van der Waals surface area (Å²) in [6.45, 7) is 1.36. The van der Waals surface area contributed by atoms with Crippen molar-refractivity contribution in [3.63, 3.8) is 0 Å². The molecule has 0 N–H and O–H groups in total. The first-order valence-electron chi connectivity index (χ1n) is 7.84. The summed E-state index contributed by atoms with van der Waals surface area (Å²) in [6.07, 6.45) is 3.30. The van der Waals surface area contributed by atoms with Gasteiger partial charge in [-0.25, -0.2) is 0 Å². The molecule has 1 aromatic carbocycles. The van der Waals surface area contributed by atoms with Gasteiger partial charge in [-0.1, -0.05) is 30.3 Å². The van der Waals surface area contributed by atoms with E-state index >= 15 is 0 Å². The van der Waals surface area contributed by atoms with Crippen LogP contribution < -0.4 is 0 Å². The van der Waals surface area contributed by atoms with Gasteiger partial charge in [-0.05, 0) is 24.8 Å². The zero-order chi connectivity index (χ0) is 15.5. The second kappa shape index (κ2) is 6.30. The van der Waals surface area contributed by atoms with Crippen LogP contribution in [0.15, 0.2) is 30.3 Å². The molecule has 2 heterocycles. The van der Waals surface area contributed by atoms with Crippen molar-refractivity contribution in [1.82, 2.24) is 9.80 Å². The number of rotatable bonds is 3. The highest BCUT2D eigenvalue weighted by atomic mass is 16.2. The number of imide groups is 1. The maximum absolute atomic E-state index is 12.5. The van der Waals surface area contributed by atoms with E-state index in [0.717, 1.165) is 42.8 Å². The Bertz CT molecular complexity index is 579. The first-order valence-corrected chi connectivity index (χ1v) is 7.84. The maximum atomic E-state index is 12.5. The maximum Gasteiger partial charge on any atom is 0.242 e. The fourth-order valence-electron chi connectivity index (χ4n) is 3.17. The number of piperidine rings is 1. The number of likely N-dealkylation sites (tertiary alicyclic amines) is 2. The van der Waals surface area contributed by atoms with Crippen molar-refractivity contribution in [3.8, 4) is 0 Å². The van der Waals surface area contributed by atoms with Crippen LogP contribution in [0.5, 0.6) is 0 Å². The van der Waals surface area contributed by atoms with Crippen LogP contribution in [0.2, 0.25) is 0 Å². The van der Waals surface area contributed by atoms with E-state index in [2.05, 4.69) is 0 Å². The summed E-state index contributed by atoms with van der Waals surface area (Å²) in [4.78, 5) is 39.8. The molecule has 2 saturated heterocycles. The molecule has 116 valence electrons. The van der Waals surface area contributed by atoms with Crippen LogP contribution >= 0.6 is 0 Å². The first kappa shape index (κ1) is 14.8. The zero-order valence-corrected chi connectivity index (χ0v) is 12.5. The predicted molar refractivity (Wildman–Crippen MR) is 81.0 cm³/mol. The standard InChI is InChI=1S/C17H20N2O3/c20-15-11-14(13-7-3-1-4-8-13)17(22)19(15)12-16(21)18-9-5-2-6-10-18/h1,3-4,7-8,14H,2,5-6,9-12H2/t14-/m1/s1. The first-order chi connectivity index (χ1) is 10.7. The van der Waals surface area contributed by atoms with Crippen LogP contribution in [0, 0.1) is 0 Å². The van der Waals surface area contributed by atoms with Crippen LogP contribution in [0.3, 0.4) is 0 Å². The second-order valence-corrected chi connectivity index (χ2v) is 5.93. The molecule has 0 unspecified atom stereocenters. The van der Waals surface area contributed by atoms with Gasteiger partial charge >= 0.3 is 0 Å². The number of benzene rings is 1. The molecule has 3 rings (SSSR count). The van der Waals surface area contributed by atoms with Gasteiger partial charge in [0.1, 0.15) is 6.54 Å². The molecule has 0 aromatic heterocycles.